The Morgan fingerprint density at radius 1 is 1.32 bits per heavy atom. The fraction of sp³-hybridized carbons (Fsp3) is 0.421. The predicted octanol–water partition coefficient (Wildman–Crippen LogP) is -0.241. The number of nitrogens with one attached hydrogen (secondary N) is 2. The van der Waals surface area contributed by atoms with E-state index in [0.29, 0.717) is 37.3 Å². The fourth-order valence-corrected chi connectivity index (χ4v) is 3.46. The molecule has 0 bridgehead atoms. The molecule has 1 aromatic heterocycles. The molecule has 1 saturated carbocycles. The number of rotatable bonds is 6. The lowest BCUT2D eigenvalue weighted by Crippen LogP contribution is -2.51. The lowest BCUT2D eigenvalue weighted by molar-refractivity contribution is 0.0382. The highest BCUT2D eigenvalue weighted by Crippen LogP contribution is 2.28. The quantitative estimate of drug-likeness (QED) is 0.538. The van der Waals surface area contributed by atoms with E-state index in [1.165, 1.54) is 16.8 Å². The van der Waals surface area contributed by atoms with E-state index in [-0.39, 0.29) is 5.91 Å². The molecular weight excluding hydrogens is 364 g/mol. The Morgan fingerprint density at radius 3 is 2.89 bits per heavy atom. The number of hydrogen-bond donors (Lipinski definition) is 4. The Bertz CT molecular complexity index is 938. The minimum absolute atomic E-state index is 0.336. The molecule has 1 aliphatic rings. The summed E-state index contributed by atoms with van der Waals surface area (Å²) in [4.78, 5) is 38.1. The zero-order chi connectivity index (χ0) is 20.1. The van der Waals surface area contributed by atoms with Crippen LogP contribution in [-0.4, -0.2) is 45.9 Å². The number of aromatic amines is 1. The molecule has 2 aromatic rings. The van der Waals surface area contributed by atoms with Crippen molar-refractivity contribution in [2.75, 3.05) is 13.2 Å². The Labute approximate surface area is 161 Å². The molecule has 0 radical (unpaired) electrons. The summed E-state index contributed by atoms with van der Waals surface area (Å²) in [6.45, 7) is 0.720. The summed E-state index contributed by atoms with van der Waals surface area (Å²) in [5.74, 6) is 0.205. The lowest BCUT2D eigenvalue weighted by Gasteiger charge is -2.36. The second-order valence-corrected chi connectivity index (χ2v) is 6.75. The van der Waals surface area contributed by atoms with E-state index in [0.717, 1.165) is 6.42 Å². The van der Waals surface area contributed by atoms with Crippen molar-refractivity contribution in [3.05, 3.63) is 62.9 Å². The Balaban J connectivity index is 1.72. The number of H-pyrrole nitrogens is 1. The molecule has 150 valence electrons. The lowest BCUT2D eigenvalue weighted by atomic mass is 9.87. The smallest absolute Gasteiger partial charge is 0.328 e. The monoisotopic (exact) mass is 388 g/mol. The van der Waals surface area contributed by atoms with Crippen LogP contribution in [0.5, 0.6) is 5.75 Å². The van der Waals surface area contributed by atoms with E-state index >= 15 is 0 Å². The number of carbonyl (C=O) groups is 1. The summed E-state index contributed by atoms with van der Waals surface area (Å²) in [7, 11) is 0. The van der Waals surface area contributed by atoms with Crippen LogP contribution in [-0.2, 0) is 0 Å². The molecule has 0 unspecified atom stereocenters. The van der Waals surface area contributed by atoms with Gasteiger partial charge in [-0.3, -0.25) is 19.1 Å². The second-order valence-electron chi connectivity index (χ2n) is 6.75. The summed E-state index contributed by atoms with van der Waals surface area (Å²) in [5.41, 5.74) is 4.76. The summed E-state index contributed by atoms with van der Waals surface area (Å²) >= 11 is 0. The van der Waals surface area contributed by atoms with Crippen molar-refractivity contribution in [3.63, 3.8) is 0 Å². The third-order valence-corrected chi connectivity index (χ3v) is 4.83. The molecule has 1 heterocycles. The van der Waals surface area contributed by atoms with Gasteiger partial charge in [-0.05, 0) is 37.5 Å². The summed E-state index contributed by atoms with van der Waals surface area (Å²) in [6.07, 6.45) is 2.29. The first kappa shape index (κ1) is 19.8. The third-order valence-electron chi connectivity index (χ3n) is 4.83. The highest BCUT2D eigenvalue weighted by atomic mass is 16.5. The molecule has 1 fully saturated rings. The number of aromatic nitrogens is 2. The van der Waals surface area contributed by atoms with Gasteiger partial charge in [0, 0.05) is 24.4 Å². The second kappa shape index (κ2) is 8.85. The zero-order valence-electron chi connectivity index (χ0n) is 15.3. The number of aliphatic hydroxyl groups excluding tert-OH is 1. The maximum atomic E-state index is 12.6. The van der Waals surface area contributed by atoms with Crippen LogP contribution in [0.3, 0.4) is 0 Å². The van der Waals surface area contributed by atoms with Gasteiger partial charge in [0.15, 0.2) is 0 Å². The number of hydrogen-bond acceptors (Lipinski definition) is 6. The van der Waals surface area contributed by atoms with E-state index in [9.17, 15) is 19.5 Å². The van der Waals surface area contributed by atoms with Crippen molar-refractivity contribution < 1.29 is 14.6 Å². The van der Waals surface area contributed by atoms with Crippen LogP contribution in [0, 0.1) is 0 Å². The van der Waals surface area contributed by atoms with Gasteiger partial charge in [0.2, 0.25) is 0 Å². The average Bonchev–Trinajstić information content (AvgIpc) is 2.68. The van der Waals surface area contributed by atoms with Crippen molar-refractivity contribution in [3.8, 4) is 5.75 Å². The van der Waals surface area contributed by atoms with Crippen LogP contribution < -0.4 is 27.0 Å². The molecule has 1 aliphatic carbocycles. The Morgan fingerprint density at radius 2 is 2.14 bits per heavy atom. The van der Waals surface area contributed by atoms with Crippen molar-refractivity contribution in [1.82, 2.24) is 14.9 Å². The van der Waals surface area contributed by atoms with Gasteiger partial charge in [-0.15, -0.1) is 0 Å². The number of aliphatic hydroxyl groups is 1. The molecule has 0 spiro atoms. The predicted molar refractivity (Wildman–Crippen MR) is 102 cm³/mol. The van der Waals surface area contributed by atoms with E-state index in [1.54, 1.807) is 24.3 Å². The molecule has 0 saturated heterocycles. The van der Waals surface area contributed by atoms with Crippen molar-refractivity contribution in [1.29, 1.82) is 0 Å². The standard InChI is InChI=1S/C19H24N4O5/c20-8-10-28-13-4-1-3-12(11-13)18(26)21-14-5-2-6-15(17(14)25)23-9-7-16(24)22-19(23)27/h1,3-4,7,9,11,14-15,17,25H,2,5-6,8,10,20H2,(H,21,26)(H,22,24,27)/t14-,15-,17-/m0/s1. The summed E-state index contributed by atoms with van der Waals surface area (Å²) in [5, 5.41) is 13.6. The normalized spacial score (nSPS) is 21.9. The molecule has 9 nitrogen and oxygen atoms in total. The van der Waals surface area contributed by atoms with E-state index in [2.05, 4.69) is 10.3 Å². The van der Waals surface area contributed by atoms with E-state index in [4.69, 9.17) is 10.5 Å². The first-order valence-electron chi connectivity index (χ1n) is 9.23. The number of amides is 1. The van der Waals surface area contributed by atoms with E-state index in [1.807, 2.05) is 0 Å². The summed E-state index contributed by atoms with van der Waals surface area (Å²) in [6, 6.07) is 6.92. The number of nitrogens with zero attached hydrogens (tertiary/aromatic N) is 1. The molecule has 9 heteroatoms. The molecule has 28 heavy (non-hydrogen) atoms. The third kappa shape index (κ3) is 4.49. The minimum Gasteiger partial charge on any atom is -0.492 e. The van der Waals surface area contributed by atoms with Gasteiger partial charge in [-0.2, -0.15) is 0 Å². The molecule has 5 N–H and O–H groups in total. The van der Waals surface area contributed by atoms with Crippen molar-refractivity contribution >= 4 is 5.91 Å². The molecule has 1 aromatic carbocycles. The van der Waals surface area contributed by atoms with Crippen LogP contribution in [0.15, 0.2) is 46.1 Å². The highest BCUT2D eigenvalue weighted by molar-refractivity contribution is 5.94. The van der Waals surface area contributed by atoms with Crippen LogP contribution in [0.4, 0.5) is 0 Å². The molecular formula is C19H24N4O5. The van der Waals surface area contributed by atoms with Gasteiger partial charge in [-0.25, -0.2) is 4.79 Å². The SMILES string of the molecule is NCCOc1cccc(C(=O)N[C@H]2CCC[C@H](n3ccc(=O)[nH]c3=O)[C@H]2O)c1. The summed E-state index contributed by atoms with van der Waals surface area (Å²) < 4.78 is 6.74. The van der Waals surface area contributed by atoms with Gasteiger partial charge < -0.3 is 20.9 Å². The number of benzene rings is 1. The Hall–Kier alpha value is -2.91. The highest BCUT2D eigenvalue weighted by Gasteiger charge is 2.34. The number of carbonyl (C=O) groups excluding carboxylic acids is 1. The number of ether oxygens (including phenoxy) is 1. The molecule has 0 aliphatic heterocycles. The van der Waals surface area contributed by atoms with Crippen molar-refractivity contribution in [2.45, 2.75) is 37.5 Å². The van der Waals surface area contributed by atoms with Gasteiger partial charge in [0.25, 0.3) is 11.5 Å². The van der Waals surface area contributed by atoms with Crippen LogP contribution in [0.1, 0.15) is 35.7 Å². The van der Waals surface area contributed by atoms with Gasteiger partial charge in [-0.1, -0.05) is 6.07 Å². The van der Waals surface area contributed by atoms with Crippen LogP contribution >= 0.6 is 0 Å². The van der Waals surface area contributed by atoms with E-state index < -0.39 is 29.4 Å². The average molecular weight is 388 g/mol. The van der Waals surface area contributed by atoms with Crippen LogP contribution in [0.2, 0.25) is 0 Å². The van der Waals surface area contributed by atoms with Crippen molar-refractivity contribution in [2.24, 2.45) is 5.73 Å². The topological polar surface area (TPSA) is 139 Å². The maximum absolute atomic E-state index is 12.6. The largest absolute Gasteiger partial charge is 0.492 e. The molecule has 3 rings (SSSR count). The fourth-order valence-electron chi connectivity index (χ4n) is 3.46. The first-order valence-corrected chi connectivity index (χ1v) is 9.23. The van der Waals surface area contributed by atoms with Gasteiger partial charge >= 0.3 is 5.69 Å². The zero-order valence-corrected chi connectivity index (χ0v) is 15.3. The first-order chi connectivity index (χ1) is 13.5. The minimum atomic E-state index is -0.960. The van der Waals surface area contributed by atoms with Gasteiger partial charge in [0.1, 0.15) is 12.4 Å². The molecule has 1 amide bonds. The van der Waals surface area contributed by atoms with Crippen LogP contribution in [0.25, 0.3) is 0 Å². The molecule has 3 atom stereocenters. The maximum Gasteiger partial charge on any atom is 0.328 e. The Kier molecular flexibility index (Phi) is 6.27. The number of nitrogens with two attached hydrogens (primary N) is 1. The van der Waals surface area contributed by atoms with Gasteiger partial charge in [0.05, 0.1) is 18.2 Å².